The second-order valence-corrected chi connectivity index (χ2v) is 4.85. The van der Waals surface area contributed by atoms with Crippen LogP contribution in [0.4, 0.5) is 5.69 Å². The van der Waals surface area contributed by atoms with Crippen LogP contribution in [-0.2, 0) is 4.74 Å². The molecule has 17 heavy (non-hydrogen) atoms. The first-order chi connectivity index (χ1) is 8.16. The highest BCUT2D eigenvalue weighted by Crippen LogP contribution is 2.26. The van der Waals surface area contributed by atoms with Crippen molar-refractivity contribution in [3.8, 4) is 0 Å². The van der Waals surface area contributed by atoms with E-state index in [4.69, 9.17) is 15.6 Å². The summed E-state index contributed by atoms with van der Waals surface area (Å²) >= 11 is 1.45. The highest BCUT2D eigenvalue weighted by molar-refractivity contribution is 7.99. The number of nitrogens with two attached hydrogens (primary N) is 1. The first kappa shape index (κ1) is 12.2. The zero-order valence-corrected chi connectivity index (χ0v) is 10.1. The quantitative estimate of drug-likeness (QED) is 0.794. The maximum atomic E-state index is 10.8. The average molecular weight is 254 g/mol. The highest BCUT2D eigenvalue weighted by atomic mass is 32.2. The van der Waals surface area contributed by atoms with Crippen molar-refractivity contribution < 1.29 is 14.6 Å². The molecule has 6 heteroatoms. The predicted molar refractivity (Wildman–Crippen MR) is 65.3 cm³/mol. The van der Waals surface area contributed by atoms with Crippen LogP contribution in [0.3, 0.4) is 0 Å². The molecule has 2 rings (SSSR count). The van der Waals surface area contributed by atoms with Gasteiger partial charge in [0.25, 0.3) is 0 Å². The van der Waals surface area contributed by atoms with Crippen LogP contribution >= 0.6 is 11.8 Å². The lowest BCUT2D eigenvalue weighted by atomic mass is 10.3. The Kier molecular flexibility index (Phi) is 3.86. The Morgan fingerprint density at radius 3 is 3.12 bits per heavy atom. The minimum Gasteiger partial charge on any atom is -0.477 e. The number of aromatic carboxylic acids is 1. The van der Waals surface area contributed by atoms with Crippen LogP contribution < -0.4 is 5.73 Å². The van der Waals surface area contributed by atoms with Gasteiger partial charge in [0.1, 0.15) is 10.7 Å². The summed E-state index contributed by atoms with van der Waals surface area (Å²) in [6.45, 7) is 0.809. The van der Waals surface area contributed by atoms with E-state index in [0.29, 0.717) is 10.7 Å². The Hall–Kier alpha value is -1.27. The van der Waals surface area contributed by atoms with E-state index in [1.54, 1.807) is 6.07 Å². The maximum Gasteiger partial charge on any atom is 0.354 e. The fraction of sp³-hybridized carbons (Fsp3) is 0.455. The lowest BCUT2D eigenvalue weighted by molar-refractivity contribution is 0.0690. The normalized spacial score (nSPS) is 19.4. The van der Waals surface area contributed by atoms with Crippen LogP contribution in [0.25, 0.3) is 0 Å². The van der Waals surface area contributed by atoms with Crippen LogP contribution in [-0.4, -0.2) is 34.5 Å². The molecule has 0 saturated carbocycles. The van der Waals surface area contributed by atoms with E-state index in [1.807, 2.05) is 0 Å². The summed E-state index contributed by atoms with van der Waals surface area (Å²) in [6, 6.07) is 2.99. The molecule has 1 fully saturated rings. The molecule has 1 saturated heterocycles. The average Bonchev–Trinajstić information content (AvgIpc) is 2.80. The minimum absolute atomic E-state index is 0.0223. The Morgan fingerprint density at radius 1 is 1.65 bits per heavy atom. The SMILES string of the molecule is Nc1ccc(C(=O)O)nc1SCC1CCCO1. The maximum absolute atomic E-state index is 10.8. The van der Waals surface area contributed by atoms with Crippen molar-refractivity contribution in [3.05, 3.63) is 17.8 Å². The van der Waals surface area contributed by atoms with Gasteiger partial charge in [0.15, 0.2) is 0 Å². The number of carbonyl (C=O) groups is 1. The molecule has 0 aromatic carbocycles. The molecule has 0 aliphatic carbocycles. The summed E-state index contributed by atoms with van der Waals surface area (Å²) in [5, 5.41) is 9.41. The van der Waals surface area contributed by atoms with Gasteiger partial charge in [-0.2, -0.15) is 0 Å². The van der Waals surface area contributed by atoms with Crippen molar-refractivity contribution in [1.29, 1.82) is 0 Å². The molecule has 0 radical (unpaired) electrons. The Bertz CT molecular complexity index is 419. The minimum atomic E-state index is -1.04. The molecule has 1 aliphatic heterocycles. The summed E-state index contributed by atoms with van der Waals surface area (Å²) in [4.78, 5) is 14.8. The Morgan fingerprint density at radius 2 is 2.47 bits per heavy atom. The third kappa shape index (κ3) is 3.10. The topological polar surface area (TPSA) is 85.4 Å². The lowest BCUT2D eigenvalue weighted by Crippen LogP contribution is -2.09. The number of ether oxygens (including phenoxy) is 1. The molecule has 3 N–H and O–H groups in total. The number of rotatable bonds is 4. The van der Waals surface area contributed by atoms with Gasteiger partial charge in [-0.1, -0.05) is 0 Å². The highest BCUT2D eigenvalue weighted by Gasteiger charge is 2.17. The standard InChI is InChI=1S/C11H14N2O3S/c12-8-3-4-9(11(14)15)13-10(8)17-6-7-2-1-5-16-7/h3-4,7H,1-2,5-6,12H2,(H,14,15). The van der Waals surface area contributed by atoms with Crippen LogP contribution in [0.15, 0.2) is 17.2 Å². The molecule has 1 aliphatic rings. The van der Waals surface area contributed by atoms with Crippen molar-refractivity contribution in [1.82, 2.24) is 4.98 Å². The lowest BCUT2D eigenvalue weighted by Gasteiger charge is -2.09. The van der Waals surface area contributed by atoms with Crippen LogP contribution in [0, 0.1) is 0 Å². The van der Waals surface area contributed by atoms with Crippen molar-refractivity contribution in [2.24, 2.45) is 0 Å². The van der Waals surface area contributed by atoms with Gasteiger partial charge in [-0.3, -0.25) is 0 Å². The van der Waals surface area contributed by atoms with E-state index in [1.165, 1.54) is 17.8 Å². The number of hydrogen-bond donors (Lipinski definition) is 2. The Labute approximate surface area is 103 Å². The van der Waals surface area contributed by atoms with Crippen molar-refractivity contribution in [2.45, 2.75) is 24.0 Å². The number of nitrogen functional groups attached to an aromatic ring is 1. The number of aromatic nitrogens is 1. The smallest absolute Gasteiger partial charge is 0.354 e. The Balaban J connectivity index is 2.03. The third-order valence-corrected chi connectivity index (χ3v) is 3.68. The first-order valence-corrected chi connectivity index (χ1v) is 6.39. The molecular formula is C11H14N2O3S. The summed E-state index contributed by atoms with van der Waals surface area (Å²) in [6.07, 6.45) is 2.36. The third-order valence-electron chi connectivity index (χ3n) is 2.54. The van der Waals surface area contributed by atoms with E-state index in [2.05, 4.69) is 4.98 Å². The fourth-order valence-corrected chi connectivity index (χ4v) is 2.64. The number of hydrogen-bond acceptors (Lipinski definition) is 5. The second kappa shape index (κ2) is 5.37. The zero-order valence-electron chi connectivity index (χ0n) is 9.26. The van der Waals surface area contributed by atoms with Crippen LogP contribution in [0.5, 0.6) is 0 Å². The number of carboxylic acids is 1. The molecule has 2 heterocycles. The van der Waals surface area contributed by atoms with Gasteiger partial charge in [-0.15, -0.1) is 11.8 Å². The first-order valence-electron chi connectivity index (χ1n) is 5.41. The van der Waals surface area contributed by atoms with Crippen molar-refractivity contribution >= 4 is 23.4 Å². The molecule has 0 spiro atoms. The van der Waals surface area contributed by atoms with Gasteiger partial charge < -0.3 is 15.6 Å². The summed E-state index contributed by atoms with van der Waals surface area (Å²) in [7, 11) is 0. The molecule has 1 aromatic rings. The number of nitrogens with zero attached hydrogens (tertiary/aromatic N) is 1. The summed E-state index contributed by atoms with van der Waals surface area (Å²) in [5.41, 5.74) is 6.29. The number of pyridine rings is 1. The van der Waals surface area contributed by atoms with Gasteiger partial charge in [0.05, 0.1) is 11.8 Å². The van der Waals surface area contributed by atoms with E-state index >= 15 is 0 Å². The number of carboxylic acid groups (broad SMARTS) is 1. The molecule has 1 unspecified atom stereocenters. The summed E-state index contributed by atoms with van der Waals surface area (Å²) < 4.78 is 5.49. The largest absolute Gasteiger partial charge is 0.477 e. The van der Waals surface area contributed by atoms with E-state index in [0.717, 1.165) is 25.2 Å². The number of thioether (sulfide) groups is 1. The number of anilines is 1. The molecule has 5 nitrogen and oxygen atoms in total. The van der Waals surface area contributed by atoms with E-state index < -0.39 is 5.97 Å². The predicted octanol–water partition coefficient (Wildman–Crippen LogP) is 1.63. The van der Waals surface area contributed by atoms with Crippen LogP contribution in [0.2, 0.25) is 0 Å². The zero-order chi connectivity index (χ0) is 12.3. The molecule has 1 aromatic heterocycles. The van der Waals surface area contributed by atoms with Gasteiger partial charge in [0, 0.05) is 12.4 Å². The van der Waals surface area contributed by atoms with Gasteiger partial charge >= 0.3 is 5.97 Å². The van der Waals surface area contributed by atoms with E-state index in [9.17, 15) is 4.79 Å². The molecular weight excluding hydrogens is 240 g/mol. The van der Waals surface area contributed by atoms with Crippen molar-refractivity contribution in [3.63, 3.8) is 0 Å². The van der Waals surface area contributed by atoms with Gasteiger partial charge in [-0.05, 0) is 25.0 Å². The van der Waals surface area contributed by atoms with Gasteiger partial charge in [-0.25, -0.2) is 9.78 Å². The monoisotopic (exact) mass is 254 g/mol. The second-order valence-electron chi connectivity index (χ2n) is 3.84. The van der Waals surface area contributed by atoms with Crippen molar-refractivity contribution in [2.75, 3.05) is 18.1 Å². The molecule has 92 valence electrons. The van der Waals surface area contributed by atoms with Crippen LogP contribution in [0.1, 0.15) is 23.3 Å². The summed E-state index contributed by atoms with van der Waals surface area (Å²) in [5.74, 6) is -0.274. The molecule has 0 bridgehead atoms. The molecule has 1 atom stereocenters. The fourth-order valence-electron chi connectivity index (χ4n) is 1.63. The van der Waals surface area contributed by atoms with E-state index in [-0.39, 0.29) is 11.8 Å². The van der Waals surface area contributed by atoms with Gasteiger partial charge in [0.2, 0.25) is 0 Å². The molecule has 0 amide bonds.